The van der Waals surface area contributed by atoms with Gasteiger partial charge in [0, 0.05) is 57.0 Å². The molecule has 1 N–H and O–H groups in total. The van der Waals surface area contributed by atoms with Crippen LogP contribution in [0.15, 0.2) is 18.3 Å². The second-order valence-corrected chi connectivity index (χ2v) is 7.04. The van der Waals surface area contributed by atoms with Crippen LogP contribution in [0.5, 0.6) is 0 Å². The number of anilines is 1. The third-order valence-electron chi connectivity index (χ3n) is 5.30. The summed E-state index contributed by atoms with van der Waals surface area (Å²) in [5, 5.41) is 9.16. The molecule has 25 heavy (non-hydrogen) atoms. The first-order valence-electron chi connectivity index (χ1n) is 8.74. The molecular formula is C18H25N3O4. The average Bonchev–Trinajstić information content (AvgIpc) is 2.63. The number of aromatic nitrogens is 1. The van der Waals surface area contributed by atoms with E-state index in [2.05, 4.69) is 9.88 Å². The van der Waals surface area contributed by atoms with Crippen molar-refractivity contribution in [2.45, 2.75) is 25.7 Å². The van der Waals surface area contributed by atoms with Crippen LogP contribution in [0.25, 0.3) is 0 Å². The van der Waals surface area contributed by atoms with Crippen LogP contribution in [0, 0.1) is 5.41 Å². The molecule has 136 valence electrons. The number of carboxylic acid groups (broad SMARTS) is 1. The van der Waals surface area contributed by atoms with Crippen molar-refractivity contribution >= 4 is 17.6 Å². The summed E-state index contributed by atoms with van der Waals surface area (Å²) in [5.41, 5.74) is 1.04. The van der Waals surface area contributed by atoms with E-state index in [1.807, 2.05) is 11.0 Å². The van der Waals surface area contributed by atoms with E-state index in [0.29, 0.717) is 19.6 Å². The normalized spacial score (nSPS) is 24.0. The highest BCUT2D eigenvalue weighted by Crippen LogP contribution is 2.40. The minimum atomic E-state index is -1.01. The minimum absolute atomic E-state index is 0.0673. The van der Waals surface area contributed by atoms with E-state index in [0.717, 1.165) is 44.6 Å². The highest BCUT2D eigenvalue weighted by molar-refractivity contribution is 5.86. The van der Waals surface area contributed by atoms with Gasteiger partial charge in [0.05, 0.1) is 6.61 Å². The lowest BCUT2D eigenvalue weighted by Gasteiger charge is -2.49. The molecule has 0 aliphatic carbocycles. The van der Waals surface area contributed by atoms with Crippen LogP contribution in [0.2, 0.25) is 0 Å². The fraction of sp³-hybridized carbons (Fsp3) is 0.611. The van der Waals surface area contributed by atoms with Crippen molar-refractivity contribution in [3.8, 4) is 0 Å². The Hall–Kier alpha value is -2.15. The summed E-state index contributed by atoms with van der Waals surface area (Å²) in [5.74, 6) is -0.806. The molecule has 1 atom stereocenters. The zero-order valence-electron chi connectivity index (χ0n) is 14.6. The summed E-state index contributed by atoms with van der Waals surface area (Å²) in [7, 11) is 1.65. The van der Waals surface area contributed by atoms with Crippen LogP contribution in [-0.2, 0) is 9.53 Å². The molecule has 2 aliphatic rings. The molecule has 1 amide bonds. The lowest BCUT2D eigenvalue weighted by atomic mass is 9.73. The fourth-order valence-corrected chi connectivity index (χ4v) is 4.00. The van der Waals surface area contributed by atoms with Crippen molar-refractivity contribution in [3.05, 3.63) is 24.0 Å². The van der Waals surface area contributed by atoms with Crippen LogP contribution in [0.3, 0.4) is 0 Å². The number of aromatic carboxylic acids is 1. The third kappa shape index (κ3) is 3.92. The number of carboxylic acids is 1. The van der Waals surface area contributed by atoms with Gasteiger partial charge in [0.15, 0.2) is 0 Å². The summed E-state index contributed by atoms with van der Waals surface area (Å²) in [6.07, 6.45) is 5.15. The summed E-state index contributed by atoms with van der Waals surface area (Å²) in [4.78, 5) is 31.4. The minimum Gasteiger partial charge on any atom is -0.477 e. The molecule has 2 saturated heterocycles. The van der Waals surface area contributed by atoms with Gasteiger partial charge in [-0.25, -0.2) is 9.78 Å². The number of piperidine rings is 2. The van der Waals surface area contributed by atoms with Crippen molar-refractivity contribution in [2.75, 3.05) is 44.8 Å². The van der Waals surface area contributed by atoms with Crippen LogP contribution >= 0.6 is 0 Å². The molecule has 0 aromatic carbocycles. The van der Waals surface area contributed by atoms with Gasteiger partial charge in [0.1, 0.15) is 5.69 Å². The van der Waals surface area contributed by atoms with E-state index < -0.39 is 5.97 Å². The Morgan fingerprint density at radius 1 is 1.40 bits per heavy atom. The molecule has 3 rings (SSSR count). The van der Waals surface area contributed by atoms with E-state index in [4.69, 9.17) is 9.84 Å². The zero-order chi connectivity index (χ0) is 17.9. The van der Waals surface area contributed by atoms with Gasteiger partial charge in [0.25, 0.3) is 0 Å². The van der Waals surface area contributed by atoms with Crippen molar-refractivity contribution in [1.29, 1.82) is 0 Å². The summed E-state index contributed by atoms with van der Waals surface area (Å²) < 4.78 is 5.13. The number of pyridine rings is 1. The van der Waals surface area contributed by atoms with Gasteiger partial charge in [-0.15, -0.1) is 0 Å². The van der Waals surface area contributed by atoms with E-state index >= 15 is 0 Å². The number of nitrogens with zero attached hydrogens (tertiary/aromatic N) is 3. The number of methoxy groups -OCH3 is 1. The number of hydrogen-bond acceptors (Lipinski definition) is 5. The van der Waals surface area contributed by atoms with Crippen molar-refractivity contribution in [2.24, 2.45) is 5.41 Å². The Balaban J connectivity index is 1.75. The van der Waals surface area contributed by atoms with Crippen LogP contribution in [-0.4, -0.2) is 66.8 Å². The number of ether oxygens (including phenoxy) is 1. The van der Waals surface area contributed by atoms with E-state index in [9.17, 15) is 9.59 Å². The lowest BCUT2D eigenvalue weighted by molar-refractivity contribution is -0.138. The molecule has 3 heterocycles. The second kappa shape index (κ2) is 7.39. The monoisotopic (exact) mass is 347 g/mol. The van der Waals surface area contributed by atoms with Gasteiger partial charge in [-0.2, -0.15) is 0 Å². The predicted octanol–water partition coefficient (Wildman–Crippen LogP) is 1.64. The van der Waals surface area contributed by atoms with Crippen molar-refractivity contribution < 1.29 is 19.4 Å². The molecule has 1 aromatic rings. The first-order valence-corrected chi connectivity index (χ1v) is 8.74. The number of rotatable bonds is 5. The third-order valence-corrected chi connectivity index (χ3v) is 5.30. The molecule has 1 aromatic heterocycles. The van der Waals surface area contributed by atoms with Crippen LogP contribution in [0.1, 0.15) is 36.2 Å². The molecule has 0 saturated carbocycles. The molecule has 7 heteroatoms. The van der Waals surface area contributed by atoms with Crippen LogP contribution in [0.4, 0.5) is 5.69 Å². The van der Waals surface area contributed by atoms with Gasteiger partial charge in [-0.05, 0) is 31.4 Å². The van der Waals surface area contributed by atoms with Gasteiger partial charge < -0.3 is 19.6 Å². The Labute approximate surface area is 147 Å². The summed E-state index contributed by atoms with van der Waals surface area (Å²) in [6, 6.07) is 3.50. The van der Waals surface area contributed by atoms with E-state index in [1.165, 1.54) is 0 Å². The van der Waals surface area contributed by atoms with Gasteiger partial charge in [-0.3, -0.25) is 4.79 Å². The molecule has 0 unspecified atom stereocenters. The first kappa shape index (κ1) is 17.7. The summed E-state index contributed by atoms with van der Waals surface area (Å²) >= 11 is 0. The number of amides is 1. The lowest BCUT2D eigenvalue weighted by Crippen LogP contribution is -2.54. The molecule has 2 fully saturated rings. The van der Waals surface area contributed by atoms with Crippen LogP contribution < -0.4 is 4.90 Å². The molecular weight excluding hydrogens is 322 g/mol. The molecule has 0 radical (unpaired) electrons. The number of carbonyl (C=O) groups excluding carboxylic acids is 1. The maximum atomic E-state index is 12.2. The molecule has 2 aliphatic heterocycles. The zero-order valence-corrected chi connectivity index (χ0v) is 14.6. The number of hydrogen-bond donors (Lipinski definition) is 1. The predicted molar refractivity (Wildman–Crippen MR) is 92.8 cm³/mol. The smallest absolute Gasteiger partial charge is 0.354 e. The van der Waals surface area contributed by atoms with Gasteiger partial charge >= 0.3 is 5.97 Å². The number of carbonyl (C=O) groups is 2. The topological polar surface area (TPSA) is 83.0 Å². The quantitative estimate of drug-likeness (QED) is 0.872. The van der Waals surface area contributed by atoms with E-state index in [1.54, 1.807) is 19.4 Å². The SMILES string of the molecule is COCCN1C[C@]2(CCCN(c3ccnc(C(=O)O)c3)C2)CCC1=O. The maximum absolute atomic E-state index is 12.2. The molecule has 7 nitrogen and oxygen atoms in total. The Morgan fingerprint density at radius 3 is 3.00 bits per heavy atom. The largest absolute Gasteiger partial charge is 0.477 e. The standard InChI is InChI=1S/C18H25N3O4/c1-25-10-9-21-13-18(6-3-16(21)22)5-2-8-20(12-18)14-4-7-19-15(11-14)17(23)24/h4,7,11H,2-3,5-6,8-10,12-13H2,1H3,(H,23,24)/t18-/m1/s1. The highest BCUT2D eigenvalue weighted by atomic mass is 16.5. The van der Waals surface area contributed by atoms with Crippen molar-refractivity contribution in [1.82, 2.24) is 9.88 Å². The maximum Gasteiger partial charge on any atom is 0.354 e. The average molecular weight is 347 g/mol. The first-order chi connectivity index (χ1) is 12.0. The molecule has 0 bridgehead atoms. The van der Waals surface area contributed by atoms with E-state index in [-0.39, 0.29) is 17.0 Å². The summed E-state index contributed by atoms with van der Waals surface area (Å²) in [6.45, 7) is 3.68. The molecule has 1 spiro atoms. The second-order valence-electron chi connectivity index (χ2n) is 7.04. The van der Waals surface area contributed by atoms with Gasteiger partial charge in [-0.1, -0.05) is 0 Å². The Morgan fingerprint density at radius 2 is 2.24 bits per heavy atom. The van der Waals surface area contributed by atoms with Crippen molar-refractivity contribution in [3.63, 3.8) is 0 Å². The Bertz CT molecular complexity index is 651. The Kier molecular flexibility index (Phi) is 5.22. The highest BCUT2D eigenvalue weighted by Gasteiger charge is 2.41. The fourth-order valence-electron chi connectivity index (χ4n) is 4.00. The van der Waals surface area contributed by atoms with Gasteiger partial charge in [0.2, 0.25) is 5.91 Å². The number of likely N-dealkylation sites (tertiary alicyclic amines) is 1.